The Hall–Kier alpha value is -2.89. The van der Waals surface area contributed by atoms with Gasteiger partial charge in [0.1, 0.15) is 6.07 Å². The summed E-state index contributed by atoms with van der Waals surface area (Å²) in [5.74, 6) is 0. The van der Waals surface area contributed by atoms with Crippen molar-refractivity contribution in [3.63, 3.8) is 0 Å². The van der Waals surface area contributed by atoms with E-state index in [0.29, 0.717) is 5.02 Å². The molecule has 0 fully saturated rings. The number of benzene rings is 2. The van der Waals surface area contributed by atoms with E-state index in [-0.39, 0.29) is 16.3 Å². The molecule has 24 heavy (non-hydrogen) atoms. The largest absolute Gasteiger partial charge is 0.360 e. The molecule has 7 nitrogen and oxygen atoms in total. The van der Waals surface area contributed by atoms with E-state index in [1.807, 2.05) is 0 Å². The molecule has 0 spiro atoms. The predicted octanol–water partition coefficient (Wildman–Crippen LogP) is 3.50. The molecule has 122 valence electrons. The van der Waals surface area contributed by atoms with Gasteiger partial charge < -0.3 is 5.32 Å². The van der Waals surface area contributed by atoms with Gasteiger partial charge in [0.05, 0.1) is 9.82 Å². The number of rotatable bonds is 5. The average Bonchev–Trinajstić information content (AvgIpc) is 2.56. The molecular weight excluding hydrogens is 354 g/mol. The molecular formula is C15H10ClN3O4S. The fraction of sp³-hybridized carbons (Fsp3) is 0. The molecule has 0 unspecified atom stereocenters. The number of nitriles is 1. The number of nitrogens with zero attached hydrogens (tertiary/aromatic N) is 2. The summed E-state index contributed by atoms with van der Waals surface area (Å²) in [6, 6.07) is 12.4. The first-order chi connectivity index (χ1) is 11.3. The van der Waals surface area contributed by atoms with Gasteiger partial charge in [-0.15, -0.1) is 0 Å². The summed E-state index contributed by atoms with van der Waals surface area (Å²) in [4.78, 5) is 9.53. The second-order valence-electron chi connectivity index (χ2n) is 4.53. The summed E-state index contributed by atoms with van der Waals surface area (Å²) in [5.41, 5.74) is 0.121. The Bertz CT molecular complexity index is 947. The summed E-state index contributed by atoms with van der Waals surface area (Å²) in [6.07, 6.45) is 0.989. The number of hydrogen-bond acceptors (Lipinski definition) is 6. The van der Waals surface area contributed by atoms with Crippen molar-refractivity contribution >= 4 is 32.8 Å². The summed E-state index contributed by atoms with van der Waals surface area (Å²) < 4.78 is 24.8. The number of non-ortho nitro benzene ring substituents is 1. The average molecular weight is 364 g/mol. The Labute approximate surface area is 142 Å². The van der Waals surface area contributed by atoms with Crippen LogP contribution in [-0.4, -0.2) is 13.3 Å². The molecule has 0 amide bonds. The molecule has 0 bridgehead atoms. The highest BCUT2D eigenvalue weighted by molar-refractivity contribution is 7.95. The smallest absolute Gasteiger partial charge is 0.271 e. The molecule has 9 heteroatoms. The molecule has 0 radical (unpaired) electrons. The van der Waals surface area contributed by atoms with E-state index < -0.39 is 19.7 Å². The zero-order valence-corrected chi connectivity index (χ0v) is 13.6. The third kappa shape index (κ3) is 3.90. The maximum Gasteiger partial charge on any atom is 0.271 e. The van der Waals surface area contributed by atoms with Gasteiger partial charge in [0, 0.05) is 29.0 Å². The van der Waals surface area contributed by atoms with Crippen molar-refractivity contribution < 1.29 is 13.3 Å². The minimum atomic E-state index is -4.02. The number of halogens is 1. The van der Waals surface area contributed by atoms with Crippen LogP contribution in [0.5, 0.6) is 0 Å². The van der Waals surface area contributed by atoms with E-state index in [4.69, 9.17) is 16.9 Å². The molecule has 0 atom stereocenters. The van der Waals surface area contributed by atoms with Gasteiger partial charge in [0.25, 0.3) is 5.69 Å². The van der Waals surface area contributed by atoms with Crippen molar-refractivity contribution in [2.75, 3.05) is 5.32 Å². The van der Waals surface area contributed by atoms with Crippen LogP contribution in [0.2, 0.25) is 5.02 Å². The van der Waals surface area contributed by atoms with E-state index in [1.165, 1.54) is 48.5 Å². The molecule has 0 saturated heterocycles. The standard InChI is InChI=1S/C15H10ClN3O4S/c16-11-4-6-14(7-5-11)24(22,23)15(9-17)10-18-12-2-1-3-13(8-12)19(20)21/h1-8,10,18H. The molecule has 0 saturated carbocycles. The topological polar surface area (TPSA) is 113 Å². The second-order valence-corrected chi connectivity index (χ2v) is 6.88. The van der Waals surface area contributed by atoms with Crippen LogP contribution in [0.25, 0.3) is 0 Å². The molecule has 2 aromatic carbocycles. The fourth-order valence-corrected chi connectivity index (χ4v) is 2.98. The monoisotopic (exact) mass is 363 g/mol. The maximum absolute atomic E-state index is 12.4. The number of sulfone groups is 1. The second kappa shape index (κ2) is 7.12. The van der Waals surface area contributed by atoms with Crippen LogP contribution in [0.3, 0.4) is 0 Å². The van der Waals surface area contributed by atoms with Crippen molar-refractivity contribution in [3.8, 4) is 6.07 Å². The van der Waals surface area contributed by atoms with Crippen molar-refractivity contribution in [3.05, 3.63) is 74.8 Å². The van der Waals surface area contributed by atoms with E-state index in [1.54, 1.807) is 6.07 Å². The van der Waals surface area contributed by atoms with Crippen molar-refractivity contribution in [1.29, 1.82) is 5.26 Å². The van der Waals surface area contributed by atoms with Crippen molar-refractivity contribution in [2.24, 2.45) is 0 Å². The Morgan fingerprint density at radius 1 is 1.25 bits per heavy atom. The summed E-state index contributed by atoms with van der Waals surface area (Å²) in [5, 5.41) is 22.8. The first-order valence-electron chi connectivity index (χ1n) is 6.46. The van der Waals surface area contributed by atoms with Gasteiger partial charge >= 0.3 is 0 Å². The lowest BCUT2D eigenvalue weighted by Crippen LogP contribution is -2.05. The first-order valence-corrected chi connectivity index (χ1v) is 8.32. The number of hydrogen-bond donors (Lipinski definition) is 1. The number of nitro benzene ring substituents is 1. The third-order valence-electron chi connectivity index (χ3n) is 2.95. The minimum absolute atomic E-state index is 0.0828. The highest BCUT2D eigenvalue weighted by atomic mass is 35.5. The SMILES string of the molecule is N#CC(=CNc1cccc([N+](=O)[O-])c1)S(=O)(=O)c1ccc(Cl)cc1. The van der Waals surface area contributed by atoms with Gasteiger partial charge in [0.2, 0.25) is 9.84 Å². The van der Waals surface area contributed by atoms with Crippen LogP contribution in [0, 0.1) is 21.4 Å². The van der Waals surface area contributed by atoms with Gasteiger partial charge in [-0.3, -0.25) is 10.1 Å². The Morgan fingerprint density at radius 3 is 2.50 bits per heavy atom. The molecule has 0 aliphatic carbocycles. The molecule has 0 aliphatic heterocycles. The Morgan fingerprint density at radius 2 is 1.92 bits per heavy atom. The summed E-state index contributed by atoms with van der Waals surface area (Å²) in [7, 11) is -4.02. The third-order valence-corrected chi connectivity index (χ3v) is 4.88. The minimum Gasteiger partial charge on any atom is -0.360 e. The van der Waals surface area contributed by atoms with Crippen LogP contribution in [0.4, 0.5) is 11.4 Å². The van der Waals surface area contributed by atoms with Crippen LogP contribution in [0.15, 0.2) is 64.5 Å². The van der Waals surface area contributed by atoms with Crippen LogP contribution < -0.4 is 5.32 Å². The lowest BCUT2D eigenvalue weighted by Gasteiger charge is -2.05. The highest BCUT2D eigenvalue weighted by Crippen LogP contribution is 2.22. The quantitative estimate of drug-likeness (QED) is 0.494. The van der Waals surface area contributed by atoms with E-state index >= 15 is 0 Å². The Kier molecular flexibility index (Phi) is 5.18. The molecule has 0 aromatic heterocycles. The number of anilines is 1. The predicted molar refractivity (Wildman–Crippen MR) is 89.1 cm³/mol. The van der Waals surface area contributed by atoms with Gasteiger partial charge in [-0.05, 0) is 30.3 Å². The lowest BCUT2D eigenvalue weighted by atomic mass is 10.3. The first kappa shape index (κ1) is 17.5. The van der Waals surface area contributed by atoms with Gasteiger partial charge in [0.15, 0.2) is 4.91 Å². The fourth-order valence-electron chi connectivity index (χ4n) is 1.77. The zero-order valence-electron chi connectivity index (χ0n) is 12.0. The molecule has 0 heterocycles. The number of allylic oxidation sites excluding steroid dienone is 1. The van der Waals surface area contributed by atoms with Crippen LogP contribution >= 0.6 is 11.6 Å². The van der Waals surface area contributed by atoms with Crippen LogP contribution in [0.1, 0.15) is 0 Å². The summed E-state index contributed by atoms with van der Waals surface area (Å²) >= 11 is 5.71. The van der Waals surface area contributed by atoms with Crippen molar-refractivity contribution in [2.45, 2.75) is 4.90 Å². The molecule has 0 aliphatic rings. The molecule has 2 aromatic rings. The van der Waals surface area contributed by atoms with E-state index in [0.717, 1.165) is 6.20 Å². The lowest BCUT2D eigenvalue weighted by molar-refractivity contribution is -0.384. The van der Waals surface area contributed by atoms with Crippen molar-refractivity contribution in [1.82, 2.24) is 0 Å². The highest BCUT2D eigenvalue weighted by Gasteiger charge is 2.20. The summed E-state index contributed by atoms with van der Waals surface area (Å²) in [6.45, 7) is 0. The van der Waals surface area contributed by atoms with Crippen LogP contribution in [-0.2, 0) is 9.84 Å². The number of nitrogens with one attached hydrogen (secondary N) is 1. The van der Waals surface area contributed by atoms with E-state index in [9.17, 15) is 18.5 Å². The molecule has 2 rings (SSSR count). The van der Waals surface area contributed by atoms with Gasteiger partial charge in [-0.25, -0.2) is 8.42 Å². The molecule has 1 N–H and O–H groups in total. The maximum atomic E-state index is 12.4. The zero-order chi connectivity index (χ0) is 17.7. The van der Waals surface area contributed by atoms with Gasteiger partial charge in [-0.2, -0.15) is 5.26 Å². The number of nitro groups is 1. The normalized spacial score (nSPS) is 11.6. The van der Waals surface area contributed by atoms with Gasteiger partial charge in [-0.1, -0.05) is 17.7 Å². The van der Waals surface area contributed by atoms with E-state index in [2.05, 4.69) is 5.32 Å². The Balaban J connectivity index is 2.32.